The second-order valence-corrected chi connectivity index (χ2v) is 7.47. The van der Waals surface area contributed by atoms with E-state index in [0.717, 1.165) is 5.56 Å². The number of benzene rings is 1. The number of carbonyl (C=O) groups excluding carboxylic acids is 2. The Labute approximate surface area is 150 Å². The number of fused-ring (bicyclic) bond motifs is 1. The molecule has 3 rings (SSSR count). The van der Waals surface area contributed by atoms with Gasteiger partial charge in [0.15, 0.2) is 0 Å². The van der Waals surface area contributed by atoms with E-state index in [1.807, 2.05) is 0 Å². The van der Waals surface area contributed by atoms with E-state index in [0.29, 0.717) is 23.5 Å². The normalized spacial score (nSPS) is 17.7. The number of nitrogens with one attached hydrogen (secondary N) is 1. The lowest BCUT2D eigenvalue weighted by atomic mass is 10.1. The Morgan fingerprint density at radius 3 is 2.65 bits per heavy atom. The molecule has 0 bridgehead atoms. The van der Waals surface area contributed by atoms with E-state index < -0.39 is 16.0 Å². The topological polar surface area (TPSA) is 105 Å². The standard InChI is InChI=1S/C17H17N3O5S/c1-25-17(22)13-4-2-12(3-5-13)10-18-16(21)14-6-7-15-19-26(23,24)9-8-20(15)11-14/h2-7,11H,8-10H2,1H3,(H,18,21). The van der Waals surface area contributed by atoms with Crippen LogP contribution in [0, 0.1) is 0 Å². The van der Waals surface area contributed by atoms with Crippen LogP contribution in [0.25, 0.3) is 0 Å². The fourth-order valence-electron chi connectivity index (χ4n) is 2.50. The quantitative estimate of drug-likeness (QED) is 0.772. The van der Waals surface area contributed by atoms with Crippen molar-refractivity contribution in [2.24, 2.45) is 4.40 Å². The van der Waals surface area contributed by atoms with Crippen LogP contribution in [0.3, 0.4) is 0 Å². The summed E-state index contributed by atoms with van der Waals surface area (Å²) in [6, 6.07) is 6.73. The Hall–Kier alpha value is -2.94. The molecule has 0 unspecified atom stereocenters. The summed E-state index contributed by atoms with van der Waals surface area (Å²) >= 11 is 0. The molecule has 1 aromatic rings. The maximum Gasteiger partial charge on any atom is 0.337 e. The number of hydrogen-bond donors (Lipinski definition) is 1. The first-order chi connectivity index (χ1) is 12.4. The van der Waals surface area contributed by atoms with Gasteiger partial charge in [-0.3, -0.25) is 4.79 Å². The van der Waals surface area contributed by atoms with E-state index in [1.165, 1.54) is 19.3 Å². The molecule has 0 aromatic heterocycles. The molecule has 2 aliphatic rings. The summed E-state index contributed by atoms with van der Waals surface area (Å²) in [5, 5.41) is 2.78. The van der Waals surface area contributed by atoms with Gasteiger partial charge in [0.2, 0.25) is 0 Å². The molecule has 2 heterocycles. The maximum atomic E-state index is 12.3. The van der Waals surface area contributed by atoms with Crippen LogP contribution < -0.4 is 5.32 Å². The van der Waals surface area contributed by atoms with Crippen LogP contribution in [0.1, 0.15) is 15.9 Å². The summed E-state index contributed by atoms with van der Waals surface area (Å²) in [7, 11) is -2.10. The third-order valence-electron chi connectivity index (χ3n) is 3.91. The van der Waals surface area contributed by atoms with Crippen LogP contribution in [-0.2, 0) is 26.1 Å². The van der Waals surface area contributed by atoms with Gasteiger partial charge in [-0.25, -0.2) is 13.2 Å². The molecule has 0 saturated carbocycles. The van der Waals surface area contributed by atoms with Gasteiger partial charge >= 0.3 is 5.97 Å². The van der Waals surface area contributed by atoms with Crippen molar-refractivity contribution in [2.75, 3.05) is 19.4 Å². The molecule has 0 saturated heterocycles. The Balaban J connectivity index is 1.62. The van der Waals surface area contributed by atoms with Crippen LogP contribution in [-0.4, -0.2) is 50.4 Å². The first-order valence-electron chi connectivity index (χ1n) is 7.82. The summed E-state index contributed by atoms with van der Waals surface area (Å²) in [6.45, 7) is 0.554. The second kappa shape index (κ2) is 7.12. The molecule has 1 aromatic carbocycles. The maximum absolute atomic E-state index is 12.3. The van der Waals surface area contributed by atoms with Crippen molar-refractivity contribution in [3.05, 3.63) is 59.3 Å². The van der Waals surface area contributed by atoms with Crippen LogP contribution >= 0.6 is 0 Å². The molecule has 0 radical (unpaired) electrons. The molecule has 1 amide bonds. The highest BCUT2D eigenvalue weighted by Gasteiger charge is 2.24. The number of sulfonamides is 1. The van der Waals surface area contributed by atoms with Gasteiger partial charge in [-0.1, -0.05) is 12.1 Å². The van der Waals surface area contributed by atoms with Crippen molar-refractivity contribution in [1.29, 1.82) is 0 Å². The minimum absolute atomic E-state index is 0.0811. The molecule has 0 fully saturated rings. The number of methoxy groups -OCH3 is 1. The van der Waals surface area contributed by atoms with Crippen LogP contribution in [0.15, 0.2) is 52.6 Å². The fraction of sp³-hybridized carbons (Fsp3) is 0.235. The Kier molecular flexibility index (Phi) is 4.90. The van der Waals surface area contributed by atoms with Gasteiger partial charge in [-0.15, -0.1) is 4.40 Å². The molecule has 9 heteroatoms. The number of nitrogens with zero attached hydrogens (tertiary/aromatic N) is 2. The molecule has 26 heavy (non-hydrogen) atoms. The van der Waals surface area contributed by atoms with E-state index >= 15 is 0 Å². The number of ether oxygens (including phenoxy) is 1. The highest BCUT2D eigenvalue weighted by Crippen LogP contribution is 2.16. The van der Waals surface area contributed by atoms with Crippen molar-refractivity contribution in [1.82, 2.24) is 10.2 Å². The zero-order chi connectivity index (χ0) is 18.7. The Morgan fingerprint density at radius 2 is 1.96 bits per heavy atom. The number of esters is 1. The average molecular weight is 375 g/mol. The van der Waals surface area contributed by atoms with E-state index in [9.17, 15) is 18.0 Å². The lowest BCUT2D eigenvalue weighted by molar-refractivity contribution is -0.117. The average Bonchev–Trinajstić information content (AvgIpc) is 2.64. The smallest absolute Gasteiger partial charge is 0.337 e. The predicted octanol–water partition coefficient (Wildman–Crippen LogP) is 0.587. The molecule has 136 valence electrons. The van der Waals surface area contributed by atoms with Crippen molar-refractivity contribution >= 4 is 27.7 Å². The van der Waals surface area contributed by atoms with E-state index in [1.54, 1.807) is 35.4 Å². The zero-order valence-corrected chi connectivity index (χ0v) is 14.8. The molecular formula is C17H17N3O5S. The molecule has 0 atom stereocenters. The van der Waals surface area contributed by atoms with Crippen LogP contribution in [0.4, 0.5) is 0 Å². The first-order valence-corrected chi connectivity index (χ1v) is 9.43. The van der Waals surface area contributed by atoms with Gasteiger partial charge in [0.25, 0.3) is 15.9 Å². The van der Waals surface area contributed by atoms with Crippen molar-refractivity contribution in [3.63, 3.8) is 0 Å². The minimum Gasteiger partial charge on any atom is -0.465 e. The summed E-state index contributed by atoms with van der Waals surface area (Å²) in [5.41, 5.74) is 1.68. The number of amides is 1. The van der Waals surface area contributed by atoms with Gasteiger partial charge in [-0.05, 0) is 29.8 Å². The minimum atomic E-state index is -3.42. The molecule has 2 aliphatic heterocycles. The molecular weight excluding hydrogens is 358 g/mol. The van der Waals surface area contributed by atoms with Gasteiger partial charge in [-0.2, -0.15) is 0 Å². The number of rotatable bonds is 4. The third kappa shape index (κ3) is 3.99. The monoisotopic (exact) mass is 375 g/mol. The number of amidine groups is 1. The van der Waals surface area contributed by atoms with Crippen LogP contribution in [0.5, 0.6) is 0 Å². The molecule has 0 aliphatic carbocycles. The van der Waals surface area contributed by atoms with Crippen molar-refractivity contribution in [3.8, 4) is 0 Å². The largest absolute Gasteiger partial charge is 0.465 e. The van der Waals surface area contributed by atoms with Gasteiger partial charge in [0, 0.05) is 19.3 Å². The van der Waals surface area contributed by atoms with E-state index in [4.69, 9.17) is 0 Å². The lowest BCUT2D eigenvalue weighted by Crippen LogP contribution is -2.38. The summed E-state index contributed by atoms with van der Waals surface area (Å²) < 4.78 is 31.3. The van der Waals surface area contributed by atoms with Gasteiger partial charge in [0.05, 0.1) is 24.0 Å². The Bertz CT molecular complexity index is 930. The second-order valence-electron chi connectivity index (χ2n) is 5.72. The lowest BCUT2D eigenvalue weighted by Gasteiger charge is -2.26. The zero-order valence-electron chi connectivity index (χ0n) is 14.0. The number of carbonyl (C=O) groups is 2. The highest BCUT2D eigenvalue weighted by molar-refractivity contribution is 7.90. The first kappa shape index (κ1) is 17.9. The third-order valence-corrected chi connectivity index (χ3v) is 5.08. The summed E-state index contributed by atoms with van der Waals surface area (Å²) in [4.78, 5) is 25.3. The van der Waals surface area contributed by atoms with Gasteiger partial charge in [0.1, 0.15) is 5.84 Å². The van der Waals surface area contributed by atoms with E-state index in [2.05, 4.69) is 14.5 Å². The fourth-order valence-corrected chi connectivity index (χ4v) is 3.47. The molecule has 0 spiro atoms. The molecule has 1 N–H and O–H groups in total. The SMILES string of the molecule is COC(=O)c1ccc(CNC(=O)C2=CN3CCS(=O)(=O)N=C3C=C2)cc1. The van der Waals surface area contributed by atoms with Crippen molar-refractivity contribution in [2.45, 2.75) is 6.54 Å². The highest BCUT2D eigenvalue weighted by atomic mass is 32.2. The summed E-state index contributed by atoms with van der Waals surface area (Å²) in [5.74, 6) is -0.474. The Morgan fingerprint density at radius 1 is 1.23 bits per heavy atom. The van der Waals surface area contributed by atoms with Crippen molar-refractivity contribution < 1.29 is 22.7 Å². The van der Waals surface area contributed by atoms with E-state index in [-0.39, 0.29) is 18.2 Å². The van der Waals surface area contributed by atoms with Gasteiger partial charge < -0.3 is 15.0 Å². The molecule has 8 nitrogen and oxygen atoms in total. The van der Waals surface area contributed by atoms with Crippen LogP contribution in [0.2, 0.25) is 0 Å². The predicted molar refractivity (Wildman–Crippen MR) is 94.8 cm³/mol. The number of hydrogen-bond acceptors (Lipinski definition) is 6. The summed E-state index contributed by atoms with van der Waals surface area (Å²) in [6.07, 6.45) is 4.63.